The van der Waals surface area contributed by atoms with E-state index in [1.165, 1.54) is 0 Å². The van der Waals surface area contributed by atoms with Crippen LogP contribution in [-0.4, -0.2) is 52.4 Å². The highest BCUT2D eigenvalue weighted by Crippen LogP contribution is 2.30. The number of hydrogen-bond acceptors (Lipinski definition) is 4. The Morgan fingerprint density at radius 3 is 2.68 bits per heavy atom. The smallest absolute Gasteiger partial charge is 0.336 e. The zero-order valence-electron chi connectivity index (χ0n) is 18.5. The van der Waals surface area contributed by atoms with E-state index in [-0.39, 0.29) is 11.3 Å². The van der Waals surface area contributed by atoms with E-state index in [4.69, 9.17) is 4.74 Å². The van der Waals surface area contributed by atoms with E-state index in [0.29, 0.717) is 36.4 Å². The van der Waals surface area contributed by atoms with Crippen molar-refractivity contribution < 1.29 is 19.7 Å². The maximum absolute atomic E-state index is 12.0. The minimum Gasteiger partial charge on any atom is -0.508 e. The van der Waals surface area contributed by atoms with Gasteiger partial charge < -0.3 is 19.9 Å². The van der Waals surface area contributed by atoms with Crippen LogP contribution in [0.1, 0.15) is 27.0 Å². The van der Waals surface area contributed by atoms with E-state index in [0.717, 1.165) is 35.1 Å². The van der Waals surface area contributed by atoms with Crippen molar-refractivity contribution in [2.45, 2.75) is 6.54 Å². The van der Waals surface area contributed by atoms with Gasteiger partial charge in [-0.15, -0.1) is 0 Å². The van der Waals surface area contributed by atoms with E-state index < -0.39 is 5.97 Å². The fourth-order valence-electron chi connectivity index (χ4n) is 4.26. The third-order valence-electron chi connectivity index (χ3n) is 6.06. The van der Waals surface area contributed by atoms with Gasteiger partial charge in [-0.25, -0.2) is 4.79 Å². The molecule has 0 atom stereocenters. The quantitative estimate of drug-likeness (QED) is 0.398. The number of hydrogen-bond donors (Lipinski definition) is 3. The Balaban J connectivity index is 1.48. The molecule has 3 aromatic carbocycles. The van der Waals surface area contributed by atoms with Gasteiger partial charge in [0.15, 0.2) is 0 Å². The number of fused-ring (bicyclic) bond motifs is 1. The predicted molar refractivity (Wildman–Crippen MR) is 131 cm³/mol. The lowest BCUT2D eigenvalue weighted by molar-refractivity contribution is 0.0339. The van der Waals surface area contributed by atoms with Gasteiger partial charge in [0.2, 0.25) is 0 Å². The maximum atomic E-state index is 12.0. The molecule has 1 aliphatic rings. The fraction of sp³-hybridized carbons (Fsp3) is 0.179. The van der Waals surface area contributed by atoms with Gasteiger partial charge in [-0.05, 0) is 47.3 Å². The second-order valence-electron chi connectivity index (χ2n) is 8.29. The summed E-state index contributed by atoms with van der Waals surface area (Å²) in [7, 11) is 0. The number of aromatic hydroxyl groups is 1. The molecular formula is C28H24N2O4. The number of morpholine rings is 1. The van der Waals surface area contributed by atoms with Crippen LogP contribution >= 0.6 is 0 Å². The average Bonchev–Trinajstić information content (AvgIpc) is 3.32. The third-order valence-corrected chi connectivity index (χ3v) is 6.06. The van der Waals surface area contributed by atoms with Gasteiger partial charge in [-0.3, -0.25) is 4.90 Å². The van der Waals surface area contributed by atoms with E-state index >= 15 is 0 Å². The Morgan fingerprint density at radius 2 is 1.88 bits per heavy atom. The SMILES string of the molecule is O=C(O)c1cccc(C#Cc2ccc(CN3CCOCC3)c(O)c2)c1-c1ccc2cc[nH]c2c1. The fourth-order valence-corrected chi connectivity index (χ4v) is 4.26. The first kappa shape index (κ1) is 21.8. The molecule has 0 bridgehead atoms. The highest BCUT2D eigenvalue weighted by molar-refractivity contribution is 5.99. The van der Waals surface area contributed by atoms with Crippen molar-refractivity contribution >= 4 is 16.9 Å². The number of carboxylic acids is 1. The van der Waals surface area contributed by atoms with Crippen LogP contribution in [0, 0.1) is 11.8 Å². The van der Waals surface area contributed by atoms with Crippen LogP contribution in [0.15, 0.2) is 66.9 Å². The molecule has 0 saturated carbocycles. The lowest BCUT2D eigenvalue weighted by Gasteiger charge is -2.26. The second-order valence-corrected chi connectivity index (χ2v) is 8.29. The molecule has 3 N–H and O–H groups in total. The topological polar surface area (TPSA) is 85.8 Å². The molecule has 1 aliphatic heterocycles. The van der Waals surface area contributed by atoms with E-state index in [1.54, 1.807) is 18.2 Å². The molecule has 1 saturated heterocycles. The van der Waals surface area contributed by atoms with Crippen LogP contribution in [0.3, 0.4) is 0 Å². The van der Waals surface area contributed by atoms with Crippen molar-refractivity contribution in [1.29, 1.82) is 0 Å². The van der Waals surface area contributed by atoms with Gasteiger partial charge in [0, 0.05) is 53.6 Å². The number of ether oxygens (including phenoxy) is 1. The van der Waals surface area contributed by atoms with Crippen molar-refractivity contribution in [1.82, 2.24) is 9.88 Å². The Bertz CT molecular complexity index is 1420. The number of phenolic OH excluding ortho intramolecular Hbond substituents is 1. The summed E-state index contributed by atoms with van der Waals surface area (Å²) < 4.78 is 5.38. The zero-order chi connectivity index (χ0) is 23.5. The number of aromatic nitrogens is 1. The zero-order valence-corrected chi connectivity index (χ0v) is 18.5. The van der Waals surface area contributed by atoms with Gasteiger partial charge in [-0.1, -0.05) is 36.1 Å². The number of H-pyrrole nitrogens is 1. The maximum Gasteiger partial charge on any atom is 0.336 e. The van der Waals surface area contributed by atoms with Gasteiger partial charge in [-0.2, -0.15) is 0 Å². The molecule has 34 heavy (non-hydrogen) atoms. The third kappa shape index (κ3) is 4.53. The Morgan fingerprint density at radius 1 is 1.03 bits per heavy atom. The number of nitrogens with zero attached hydrogens (tertiary/aromatic N) is 1. The Labute approximate surface area is 197 Å². The molecule has 0 spiro atoms. The van der Waals surface area contributed by atoms with Crippen LogP contribution in [0.2, 0.25) is 0 Å². The molecule has 170 valence electrons. The first-order valence-corrected chi connectivity index (χ1v) is 11.2. The van der Waals surface area contributed by atoms with Crippen molar-refractivity contribution in [2.75, 3.05) is 26.3 Å². The Hall–Kier alpha value is -4.05. The molecule has 0 radical (unpaired) electrons. The molecular weight excluding hydrogens is 428 g/mol. The lowest BCUT2D eigenvalue weighted by atomic mass is 9.93. The number of phenols is 1. The summed E-state index contributed by atoms with van der Waals surface area (Å²) in [5, 5.41) is 21.4. The second kappa shape index (κ2) is 9.44. The molecule has 1 fully saturated rings. The van der Waals surface area contributed by atoms with Gasteiger partial charge in [0.05, 0.1) is 18.8 Å². The largest absolute Gasteiger partial charge is 0.508 e. The molecule has 0 amide bonds. The number of carbonyl (C=O) groups is 1. The molecule has 0 aliphatic carbocycles. The lowest BCUT2D eigenvalue weighted by Crippen LogP contribution is -2.35. The normalized spacial score (nSPS) is 14.0. The van der Waals surface area contributed by atoms with Crippen LogP contribution in [0.25, 0.3) is 22.0 Å². The summed E-state index contributed by atoms with van der Waals surface area (Å²) in [6.07, 6.45) is 1.85. The van der Waals surface area contributed by atoms with Crippen molar-refractivity contribution in [2.24, 2.45) is 0 Å². The molecule has 2 heterocycles. The summed E-state index contributed by atoms with van der Waals surface area (Å²) in [4.78, 5) is 17.4. The molecule has 5 rings (SSSR count). The highest BCUT2D eigenvalue weighted by Gasteiger charge is 2.16. The number of aromatic carboxylic acids is 1. The van der Waals surface area contributed by atoms with Crippen LogP contribution in [0.5, 0.6) is 5.75 Å². The van der Waals surface area contributed by atoms with Crippen molar-refractivity contribution in [3.63, 3.8) is 0 Å². The number of nitrogens with one attached hydrogen (secondary N) is 1. The summed E-state index contributed by atoms with van der Waals surface area (Å²) in [6, 6.07) is 18.3. The highest BCUT2D eigenvalue weighted by atomic mass is 16.5. The summed E-state index contributed by atoms with van der Waals surface area (Å²) in [5.41, 5.74) is 4.60. The average molecular weight is 453 g/mol. The molecule has 1 aromatic heterocycles. The molecule has 0 unspecified atom stereocenters. The minimum atomic E-state index is -1.00. The number of carboxylic acid groups (broad SMARTS) is 1. The van der Waals surface area contributed by atoms with Gasteiger partial charge >= 0.3 is 5.97 Å². The Kier molecular flexibility index (Phi) is 6.05. The number of aromatic amines is 1. The number of benzene rings is 3. The van der Waals surface area contributed by atoms with E-state index in [1.807, 2.05) is 48.7 Å². The summed E-state index contributed by atoms with van der Waals surface area (Å²) >= 11 is 0. The predicted octanol–water partition coefficient (Wildman–Crippen LogP) is 4.47. The molecule has 4 aromatic rings. The first-order valence-electron chi connectivity index (χ1n) is 11.2. The number of rotatable bonds is 4. The standard InChI is InChI=1S/C28H24N2O4/c31-26-16-19(5-7-23(26)18-30-12-14-34-15-13-30)4-6-21-2-1-3-24(28(32)33)27(21)22-9-8-20-10-11-29-25(20)17-22/h1-3,5,7-11,16-17,29,31H,12-15,18H2,(H,32,33). The van der Waals surface area contributed by atoms with Gasteiger partial charge in [0.1, 0.15) is 5.75 Å². The van der Waals surface area contributed by atoms with E-state index in [2.05, 4.69) is 21.7 Å². The van der Waals surface area contributed by atoms with E-state index in [9.17, 15) is 15.0 Å². The van der Waals surface area contributed by atoms with Crippen LogP contribution < -0.4 is 0 Å². The van der Waals surface area contributed by atoms with Crippen molar-refractivity contribution in [3.8, 4) is 28.7 Å². The minimum absolute atomic E-state index is 0.196. The van der Waals surface area contributed by atoms with Crippen LogP contribution in [-0.2, 0) is 11.3 Å². The first-order chi connectivity index (χ1) is 16.6. The van der Waals surface area contributed by atoms with Gasteiger partial charge in [0.25, 0.3) is 0 Å². The molecule has 6 heteroatoms. The van der Waals surface area contributed by atoms with Crippen molar-refractivity contribution in [3.05, 3.63) is 89.1 Å². The summed E-state index contributed by atoms with van der Waals surface area (Å²) in [5.74, 6) is 5.43. The monoisotopic (exact) mass is 452 g/mol. The van der Waals surface area contributed by atoms with Crippen LogP contribution in [0.4, 0.5) is 0 Å². The molecule has 6 nitrogen and oxygen atoms in total. The summed E-state index contributed by atoms with van der Waals surface area (Å²) in [6.45, 7) is 3.77.